The number of aryl methyl sites for hydroxylation is 1. The number of thioether (sulfide) groups is 1. The van der Waals surface area contributed by atoms with Gasteiger partial charge in [0.05, 0.1) is 17.2 Å². The molecule has 11 heteroatoms. The standard InChI is InChI=1S/C20H22Cl2FN5O2S/c1-28-20(25-26-27-28)31-7-3-6-24-11-13-8-17(22)19(18(9-13)29-2)30-12-14-4-5-15(23)10-16(14)21/h4-5,8-10,24H,3,6-7,11-12H2,1-2H3. The first-order valence-corrected chi connectivity index (χ1v) is 11.2. The second kappa shape index (κ2) is 11.5. The first-order valence-electron chi connectivity index (χ1n) is 9.47. The lowest BCUT2D eigenvalue weighted by Crippen LogP contribution is -2.15. The average molecular weight is 486 g/mol. The van der Waals surface area contributed by atoms with Crippen molar-refractivity contribution in [2.75, 3.05) is 19.4 Å². The number of hydrogen-bond donors (Lipinski definition) is 1. The maximum Gasteiger partial charge on any atom is 0.209 e. The van der Waals surface area contributed by atoms with E-state index >= 15 is 0 Å². The van der Waals surface area contributed by atoms with Crippen LogP contribution in [0.2, 0.25) is 10.0 Å². The summed E-state index contributed by atoms with van der Waals surface area (Å²) in [6, 6.07) is 7.87. The summed E-state index contributed by atoms with van der Waals surface area (Å²) in [6.07, 6.45) is 0.960. The Morgan fingerprint density at radius 2 is 2.03 bits per heavy atom. The Labute approximate surface area is 194 Å². The number of methoxy groups -OCH3 is 1. The molecular formula is C20H22Cl2FN5O2S. The number of hydrogen-bond acceptors (Lipinski definition) is 7. The fourth-order valence-electron chi connectivity index (χ4n) is 2.74. The molecule has 3 rings (SSSR count). The van der Waals surface area contributed by atoms with Crippen molar-refractivity contribution in [3.8, 4) is 11.5 Å². The van der Waals surface area contributed by atoms with E-state index in [2.05, 4.69) is 20.8 Å². The molecule has 0 spiro atoms. The van der Waals surface area contributed by atoms with Gasteiger partial charge in [-0.3, -0.25) is 0 Å². The number of halogens is 3. The normalized spacial score (nSPS) is 11.0. The third-order valence-corrected chi connectivity index (χ3v) is 6.05. The van der Waals surface area contributed by atoms with Crippen LogP contribution >= 0.6 is 35.0 Å². The fraction of sp³-hybridized carbons (Fsp3) is 0.350. The van der Waals surface area contributed by atoms with Crippen LogP contribution in [0, 0.1) is 5.82 Å². The molecule has 0 fully saturated rings. The van der Waals surface area contributed by atoms with Gasteiger partial charge in [-0.1, -0.05) is 41.0 Å². The Bertz CT molecular complexity index is 1020. The molecule has 0 radical (unpaired) electrons. The zero-order valence-corrected chi connectivity index (χ0v) is 19.4. The van der Waals surface area contributed by atoms with Crippen LogP contribution in [0.15, 0.2) is 35.5 Å². The molecular weight excluding hydrogens is 464 g/mol. The molecule has 0 aliphatic carbocycles. The van der Waals surface area contributed by atoms with E-state index in [-0.39, 0.29) is 6.61 Å². The molecule has 0 aliphatic rings. The Hall–Kier alpha value is -2.07. The van der Waals surface area contributed by atoms with Crippen molar-refractivity contribution in [2.45, 2.75) is 24.7 Å². The summed E-state index contributed by atoms with van der Waals surface area (Å²) in [5, 5.41) is 16.3. The Morgan fingerprint density at radius 3 is 2.74 bits per heavy atom. The van der Waals surface area contributed by atoms with E-state index in [1.54, 1.807) is 29.6 Å². The number of nitrogens with zero attached hydrogens (tertiary/aromatic N) is 4. The molecule has 166 valence electrons. The summed E-state index contributed by atoms with van der Waals surface area (Å²) < 4.78 is 26.1. The van der Waals surface area contributed by atoms with Gasteiger partial charge in [-0.15, -0.1) is 5.10 Å². The topological polar surface area (TPSA) is 74.1 Å². The van der Waals surface area contributed by atoms with Gasteiger partial charge in [0.25, 0.3) is 0 Å². The van der Waals surface area contributed by atoms with E-state index in [1.165, 1.54) is 12.1 Å². The molecule has 0 amide bonds. The van der Waals surface area contributed by atoms with E-state index in [1.807, 2.05) is 19.2 Å². The Balaban J connectivity index is 1.50. The molecule has 1 heterocycles. The predicted octanol–water partition coefficient (Wildman–Crippen LogP) is 4.52. The lowest BCUT2D eigenvalue weighted by molar-refractivity contribution is 0.284. The molecule has 0 aliphatic heterocycles. The Morgan fingerprint density at radius 1 is 1.19 bits per heavy atom. The molecule has 0 bridgehead atoms. The predicted molar refractivity (Wildman–Crippen MR) is 120 cm³/mol. The monoisotopic (exact) mass is 485 g/mol. The van der Waals surface area contributed by atoms with Crippen molar-refractivity contribution >= 4 is 35.0 Å². The molecule has 1 aromatic heterocycles. The largest absolute Gasteiger partial charge is 0.493 e. The SMILES string of the molecule is COc1cc(CNCCCSc2nnnn2C)cc(Cl)c1OCc1ccc(F)cc1Cl. The third kappa shape index (κ3) is 6.70. The summed E-state index contributed by atoms with van der Waals surface area (Å²) in [6.45, 7) is 1.61. The van der Waals surface area contributed by atoms with Crippen LogP contribution in [0.1, 0.15) is 17.5 Å². The molecule has 31 heavy (non-hydrogen) atoms. The van der Waals surface area contributed by atoms with E-state index in [0.717, 1.165) is 29.4 Å². The highest BCUT2D eigenvalue weighted by molar-refractivity contribution is 7.99. The van der Waals surface area contributed by atoms with Crippen molar-refractivity contribution in [2.24, 2.45) is 7.05 Å². The van der Waals surface area contributed by atoms with Crippen LogP contribution in [-0.4, -0.2) is 39.6 Å². The quantitative estimate of drug-likeness (QED) is 0.316. The second-order valence-corrected chi connectivity index (χ2v) is 8.47. The lowest BCUT2D eigenvalue weighted by Gasteiger charge is -2.15. The molecule has 3 aromatic rings. The summed E-state index contributed by atoms with van der Waals surface area (Å²) in [7, 11) is 3.37. The van der Waals surface area contributed by atoms with Gasteiger partial charge in [0, 0.05) is 24.9 Å². The van der Waals surface area contributed by atoms with Crippen LogP contribution in [0.3, 0.4) is 0 Å². The van der Waals surface area contributed by atoms with Gasteiger partial charge < -0.3 is 14.8 Å². The van der Waals surface area contributed by atoms with Gasteiger partial charge in [-0.25, -0.2) is 9.07 Å². The molecule has 1 N–H and O–H groups in total. The minimum absolute atomic E-state index is 0.144. The highest BCUT2D eigenvalue weighted by atomic mass is 35.5. The highest BCUT2D eigenvalue weighted by Gasteiger charge is 2.13. The number of tetrazole rings is 1. The molecule has 0 unspecified atom stereocenters. The van der Waals surface area contributed by atoms with Crippen molar-refractivity contribution in [1.29, 1.82) is 0 Å². The molecule has 0 saturated carbocycles. The Kier molecular flexibility index (Phi) is 8.77. The van der Waals surface area contributed by atoms with E-state index < -0.39 is 5.82 Å². The van der Waals surface area contributed by atoms with E-state index in [4.69, 9.17) is 32.7 Å². The fourth-order valence-corrected chi connectivity index (χ4v) is 4.04. The number of benzene rings is 2. The number of nitrogens with one attached hydrogen (secondary N) is 1. The summed E-state index contributed by atoms with van der Waals surface area (Å²) in [4.78, 5) is 0. The van der Waals surface area contributed by atoms with Crippen molar-refractivity contribution < 1.29 is 13.9 Å². The van der Waals surface area contributed by atoms with Gasteiger partial charge in [0.1, 0.15) is 12.4 Å². The van der Waals surface area contributed by atoms with Gasteiger partial charge >= 0.3 is 0 Å². The molecule has 0 saturated heterocycles. The minimum Gasteiger partial charge on any atom is -0.493 e. The van der Waals surface area contributed by atoms with Gasteiger partial charge in [0.2, 0.25) is 5.16 Å². The molecule has 0 atom stereocenters. The van der Waals surface area contributed by atoms with Crippen LogP contribution < -0.4 is 14.8 Å². The van der Waals surface area contributed by atoms with E-state index in [9.17, 15) is 4.39 Å². The van der Waals surface area contributed by atoms with Gasteiger partial charge in [-0.2, -0.15) is 0 Å². The zero-order chi connectivity index (χ0) is 22.2. The maximum absolute atomic E-state index is 13.2. The van der Waals surface area contributed by atoms with Gasteiger partial charge in [-0.05, 0) is 53.2 Å². The molecule has 2 aromatic carbocycles. The number of rotatable bonds is 11. The first-order chi connectivity index (χ1) is 15.0. The number of ether oxygens (including phenoxy) is 2. The zero-order valence-electron chi connectivity index (χ0n) is 17.1. The van der Waals surface area contributed by atoms with E-state index in [0.29, 0.717) is 33.7 Å². The van der Waals surface area contributed by atoms with Crippen LogP contribution in [0.25, 0.3) is 0 Å². The van der Waals surface area contributed by atoms with Crippen LogP contribution in [0.5, 0.6) is 11.5 Å². The van der Waals surface area contributed by atoms with Gasteiger partial charge in [0.15, 0.2) is 11.5 Å². The summed E-state index contributed by atoms with van der Waals surface area (Å²) >= 11 is 14.1. The number of aromatic nitrogens is 4. The third-order valence-electron chi connectivity index (χ3n) is 4.32. The maximum atomic E-state index is 13.2. The summed E-state index contributed by atoms with van der Waals surface area (Å²) in [5.41, 5.74) is 1.63. The minimum atomic E-state index is -0.398. The average Bonchev–Trinajstić information content (AvgIpc) is 3.15. The highest BCUT2D eigenvalue weighted by Crippen LogP contribution is 2.37. The van der Waals surface area contributed by atoms with Crippen molar-refractivity contribution in [1.82, 2.24) is 25.5 Å². The van der Waals surface area contributed by atoms with Crippen molar-refractivity contribution in [3.05, 3.63) is 57.3 Å². The van der Waals surface area contributed by atoms with Crippen molar-refractivity contribution in [3.63, 3.8) is 0 Å². The smallest absolute Gasteiger partial charge is 0.209 e. The second-order valence-electron chi connectivity index (χ2n) is 6.60. The lowest BCUT2D eigenvalue weighted by atomic mass is 10.2. The van der Waals surface area contributed by atoms with Crippen LogP contribution in [0.4, 0.5) is 4.39 Å². The molecule has 7 nitrogen and oxygen atoms in total. The summed E-state index contributed by atoms with van der Waals surface area (Å²) in [5.74, 6) is 1.45. The first kappa shape index (κ1) is 23.6. The van der Waals surface area contributed by atoms with Crippen LogP contribution in [-0.2, 0) is 20.2 Å².